The van der Waals surface area contributed by atoms with Crippen LogP contribution in [-0.4, -0.2) is 32.8 Å². The monoisotopic (exact) mass is 221 g/mol. The highest BCUT2D eigenvalue weighted by Crippen LogP contribution is 2.08. The van der Waals surface area contributed by atoms with Crippen LogP contribution in [0.1, 0.15) is 39.1 Å². The third-order valence-electron chi connectivity index (χ3n) is 2.34. The number of hydrogen-bond donors (Lipinski definition) is 0. The maximum Gasteiger partial charge on any atom is 0.141 e. The van der Waals surface area contributed by atoms with Crippen molar-refractivity contribution in [1.29, 1.82) is 5.26 Å². The van der Waals surface area contributed by atoms with Gasteiger partial charge in [0.2, 0.25) is 0 Å². The van der Waals surface area contributed by atoms with Gasteiger partial charge in [0, 0.05) is 6.04 Å². The summed E-state index contributed by atoms with van der Waals surface area (Å²) in [7, 11) is 0. The molecule has 0 saturated carbocycles. The van der Waals surface area contributed by atoms with Crippen LogP contribution < -0.4 is 0 Å². The van der Waals surface area contributed by atoms with Gasteiger partial charge in [-0.2, -0.15) is 10.4 Å². The zero-order valence-corrected chi connectivity index (χ0v) is 10.2. The first-order valence-electron chi connectivity index (χ1n) is 5.66. The Morgan fingerprint density at radius 3 is 2.88 bits per heavy atom. The Bertz CT molecular complexity index is 350. The summed E-state index contributed by atoms with van der Waals surface area (Å²) in [6.07, 6.45) is 2.61. The number of hydrogen-bond acceptors (Lipinski definition) is 4. The molecule has 0 aliphatic heterocycles. The van der Waals surface area contributed by atoms with Gasteiger partial charge in [-0.3, -0.25) is 4.90 Å². The van der Waals surface area contributed by atoms with Gasteiger partial charge < -0.3 is 0 Å². The van der Waals surface area contributed by atoms with Gasteiger partial charge in [-0.1, -0.05) is 6.92 Å². The molecule has 0 amide bonds. The summed E-state index contributed by atoms with van der Waals surface area (Å²) in [6, 6.07) is 2.49. The molecule has 0 fully saturated rings. The standard InChI is InChI=1S/C11H19N5/c1-4-6-15(7-5-12)8-11-13-9-14-16(11)10(2)3/h9-10H,4,6-8H2,1-3H3. The van der Waals surface area contributed by atoms with Crippen molar-refractivity contribution in [1.82, 2.24) is 19.7 Å². The Morgan fingerprint density at radius 1 is 1.56 bits per heavy atom. The number of nitriles is 1. The summed E-state index contributed by atoms with van der Waals surface area (Å²) < 4.78 is 1.90. The number of rotatable bonds is 6. The lowest BCUT2D eigenvalue weighted by Gasteiger charge is -2.18. The third kappa shape index (κ3) is 3.31. The van der Waals surface area contributed by atoms with E-state index in [-0.39, 0.29) is 0 Å². The fourth-order valence-corrected chi connectivity index (χ4v) is 1.65. The quantitative estimate of drug-likeness (QED) is 0.684. The van der Waals surface area contributed by atoms with Crippen LogP contribution in [0, 0.1) is 11.3 Å². The maximum absolute atomic E-state index is 8.74. The molecule has 0 radical (unpaired) electrons. The first-order chi connectivity index (χ1) is 7.69. The minimum Gasteiger partial charge on any atom is -0.283 e. The largest absolute Gasteiger partial charge is 0.283 e. The van der Waals surface area contributed by atoms with Gasteiger partial charge in [0.25, 0.3) is 0 Å². The fraction of sp³-hybridized carbons (Fsp3) is 0.727. The van der Waals surface area contributed by atoms with Crippen molar-refractivity contribution < 1.29 is 0 Å². The molecule has 1 heterocycles. The number of nitrogens with zero attached hydrogens (tertiary/aromatic N) is 5. The molecule has 88 valence electrons. The smallest absolute Gasteiger partial charge is 0.141 e. The number of aromatic nitrogens is 3. The van der Waals surface area contributed by atoms with E-state index in [1.54, 1.807) is 6.33 Å². The lowest BCUT2D eigenvalue weighted by molar-refractivity contribution is 0.281. The second kappa shape index (κ2) is 6.23. The van der Waals surface area contributed by atoms with Crippen molar-refractivity contribution >= 4 is 0 Å². The van der Waals surface area contributed by atoms with Crippen molar-refractivity contribution in [3.63, 3.8) is 0 Å². The van der Waals surface area contributed by atoms with Gasteiger partial charge in [-0.25, -0.2) is 9.67 Å². The van der Waals surface area contributed by atoms with E-state index >= 15 is 0 Å². The Hall–Kier alpha value is -1.41. The fourth-order valence-electron chi connectivity index (χ4n) is 1.65. The van der Waals surface area contributed by atoms with Crippen LogP contribution in [0.4, 0.5) is 0 Å². The van der Waals surface area contributed by atoms with Crippen molar-refractivity contribution in [2.24, 2.45) is 0 Å². The molecule has 0 atom stereocenters. The van der Waals surface area contributed by atoms with Crippen LogP contribution in [-0.2, 0) is 6.54 Å². The highest BCUT2D eigenvalue weighted by atomic mass is 15.4. The molecule has 0 aliphatic rings. The molecular weight excluding hydrogens is 202 g/mol. The van der Waals surface area contributed by atoms with E-state index in [4.69, 9.17) is 5.26 Å². The second-order valence-corrected chi connectivity index (χ2v) is 4.08. The minimum absolute atomic E-state index is 0.308. The predicted octanol–water partition coefficient (Wildman–Crippen LogP) is 1.59. The summed E-state index contributed by atoms with van der Waals surface area (Å²) >= 11 is 0. The zero-order valence-electron chi connectivity index (χ0n) is 10.2. The highest BCUT2D eigenvalue weighted by Gasteiger charge is 2.11. The van der Waals surface area contributed by atoms with Gasteiger partial charge in [0.05, 0.1) is 19.2 Å². The molecule has 1 aromatic heterocycles. The molecular formula is C11H19N5. The van der Waals surface area contributed by atoms with E-state index in [1.807, 2.05) is 4.68 Å². The van der Waals surface area contributed by atoms with Gasteiger partial charge in [-0.15, -0.1) is 0 Å². The molecule has 0 aromatic carbocycles. The molecule has 16 heavy (non-hydrogen) atoms. The van der Waals surface area contributed by atoms with E-state index < -0.39 is 0 Å². The van der Waals surface area contributed by atoms with Crippen LogP contribution in [0.15, 0.2) is 6.33 Å². The van der Waals surface area contributed by atoms with Crippen LogP contribution in [0.3, 0.4) is 0 Å². The average molecular weight is 221 g/mol. The molecule has 0 saturated heterocycles. The van der Waals surface area contributed by atoms with Crippen molar-refractivity contribution in [2.45, 2.75) is 39.8 Å². The Balaban J connectivity index is 2.69. The third-order valence-corrected chi connectivity index (χ3v) is 2.34. The lowest BCUT2D eigenvalue weighted by atomic mass is 10.3. The van der Waals surface area contributed by atoms with E-state index in [2.05, 4.69) is 41.8 Å². The van der Waals surface area contributed by atoms with E-state index in [0.29, 0.717) is 19.1 Å². The van der Waals surface area contributed by atoms with Crippen molar-refractivity contribution in [3.05, 3.63) is 12.2 Å². The normalized spacial score (nSPS) is 11.0. The molecule has 1 rings (SSSR count). The molecule has 0 aliphatic carbocycles. The van der Waals surface area contributed by atoms with Crippen molar-refractivity contribution in [3.8, 4) is 6.07 Å². The van der Waals surface area contributed by atoms with Gasteiger partial charge in [0.1, 0.15) is 12.2 Å². The second-order valence-electron chi connectivity index (χ2n) is 4.08. The zero-order chi connectivity index (χ0) is 12.0. The van der Waals surface area contributed by atoms with Gasteiger partial charge in [0.15, 0.2) is 0 Å². The predicted molar refractivity (Wildman–Crippen MR) is 61.6 cm³/mol. The molecule has 0 bridgehead atoms. The average Bonchev–Trinajstić information content (AvgIpc) is 2.66. The topological polar surface area (TPSA) is 57.7 Å². The highest BCUT2D eigenvalue weighted by molar-refractivity contribution is 4.88. The first-order valence-corrected chi connectivity index (χ1v) is 5.66. The van der Waals surface area contributed by atoms with Crippen LogP contribution in [0.5, 0.6) is 0 Å². The van der Waals surface area contributed by atoms with E-state index in [9.17, 15) is 0 Å². The van der Waals surface area contributed by atoms with Gasteiger partial charge in [-0.05, 0) is 26.8 Å². The molecule has 0 spiro atoms. The molecule has 5 nitrogen and oxygen atoms in total. The van der Waals surface area contributed by atoms with Crippen LogP contribution in [0.25, 0.3) is 0 Å². The van der Waals surface area contributed by atoms with Crippen LogP contribution >= 0.6 is 0 Å². The van der Waals surface area contributed by atoms with Gasteiger partial charge >= 0.3 is 0 Å². The molecule has 1 aromatic rings. The van der Waals surface area contributed by atoms with Crippen LogP contribution in [0.2, 0.25) is 0 Å². The summed E-state index contributed by atoms with van der Waals surface area (Å²) in [4.78, 5) is 6.33. The van der Waals surface area contributed by atoms with Crippen molar-refractivity contribution in [2.75, 3.05) is 13.1 Å². The van der Waals surface area contributed by atoms with E-state index in [1.165, 1.54) is 0 Å². The van der Waals surface area contributed by atoms with E-state index in [0.717, 1.165) is 18.8 Å². The SMILES string of the molecule is CCCN(CC#N)Cc1ncnn1C(C)C. The lowest BCUT2D eigenvalue weighted by Crippen LogP contribution is -2.26. The minimum atomic E-state index is 0.308. The Labute approximate surface area is 96.7 Å². The molecule has 0 N–H and O–H groups in total. The Morgan fingerprint density at radius 2 is 2.31 bits per heavy atom. The summed E-state index contributed by atoms with van der Waals surface area (Å²) in [5.74, 6) is 0.929. The summed E-state index contributed by atoms with van der Waals surface area (Å²) in [5.41, 5.74) is 0. The summed E-state index contributed by atoms with van der Waals surface area (Å²) in [6.45, 7) is 8.31. The summed E-state index contributed by atoms with van der Waals surface area (Å²) in [5, 5.41) is 12.9. The first kappa shape index (κ1) is 12.7. The maximum atomic E-state index is 8.74. The Kier molecular flexibility index (Phi) is 4.93. The molecule has 5 heteroatoms. The molecule has 0 unspecified atom stereocenters.